The number of nitrogens with zero attached hydrogens (tertiary/aromatic N) is 1. The fourth-order valence-corrected chi connectivity index (χ4v) is 2.52. The van der Waals surface area contributed by atoms with Gasteiger partial charge in [-0.1, -0.05) is 12.5 Å². The van der Waals surface area contributed by atoms with Crippen molar-refractivity contribution in [1.29, 1.82) is 0 Å². The van der Waals surface area contributed by atoms with Crippen LogP contribution in [0.25, 0.3) is 0 Å². The summed E-state index contributed by atoms with van der Waals surface area (Å²) >= 11 is 0. The van der Waals surface area contributed by atoms with Gasteiger partial charge in [0, 0.05) is 24.7 Å². The second-order valence-electron chi connectivity index (χ2n) is 5.05. The van der Waals surface area contributed by atoms with E-state index in [1.165, 1.54) is 45.2 Å². The molecule has 0 radical (unpaired) electrons. The van der Waals surface area contributed by atoms with Crippen LogP contribution in [-0.2, 0) is 0 Å². The van der Waals surface area contributed by atoms with E-state index in [0.717, 1.165) is 12.1 Å². The van der Waals surface area contributed by atoms with Crippen LogP contribution in [0.5, 0.6) is 0 Å². The second-order valence-corrected chi connectivity index (χ2v) is 5.05. The standard InChI is InChI=1S/C13H24N2/c1-3-11(2)15(13-7-8-13)10-12-6-4-5-9-14-12/h3,11-14H,1,4-10H2,2H3. The summed E-state index contributed by atoms with van der Waals surface area (Å²) in [4.78, 5) is 2.63. The first-order chi connectivity index (χ1) is 7.31. The lowest BCUT2D eigenvalue weighted by Crippen LogP contribution is -2.47. The zero-order valence-electron chi connectivity index (χ0n) is 9.91. The molecule has 2 nitrogen and oxygen atoms in total. The van der Waals surface area contributed by atoms with Crippen molar-refractivity contribution in [2.24, 2.45) is 0 Å². The van der Waals surface area contributed by atoms with Crippen LogP contribution in [0.3, 0.4) is 0 Å². The summed E-state index contributed by atoms with van der Waals surface area (Å²) in [5.41, 5.74) is 0. The topological polar surface area (TPSA) is 15.3 Å². The molecule has 1 aliphatic carbocycles. The minimum absolute atomic E-state index is 0.543. The Morgan fingerprint density at radius 3 is 2.73 bits per heavy atom. The number of nitrogens with one attached hydrogen (secondary N) is 1. The Morgan fingerprint density at radius 2 is 2.20 bits per heavy atom. The highest BCUT2D eigenvalue weighted by Crippen LogP contribution is 2.29. The van der Waals surface area contributed by atoms with Gasteiger partial charge in [0.1, 0.15) is 0 Å². The van der Waals surface area contributed by atoms with Gasteiger partial charge in [0.05, 0.1) is 0 Å². The molecule has 0 bridgehead atoms. The van der Waals surface area contributed by atoms with E-state index in [9.17, 15) is 0 Å². The van der Waals surface area contributed by atoms with Gasteiger partial charge < -0.3 is 5.32 Å². The fraction of sp³-hybridized carbons (Fsp3) is 0.846. The molecule has 2 aliphatic rings. The highest BCUT2D eigenvalue weighted by Gasteiger charge is 2.32. The number of hydrogen-bond donors (Lipinski definition) is 1. The highest BCUT2D eigenvalue weighted by molar-refractivity contribution is 4.95. The van der Waals surface area contributed by atoms with Gasteiger partial charge >= 0.3 is 0 Å². The average Bonchev–Trinajstić information content (AvgIpc) is 3.10. The zero-order valence-corrected chi connectivity index (χ0v) is 9.91. The van der Waals surface area contributed by atoms with Crippen molar-refractivity contribution >= 4 is 0 Å². The molecule has 15 heavy (non-hydrogen) atoms. The van der Waals surface area contributed by atoms with Crippen LogP contribution in [0.15, 0.2) is 12.7 Å². The first kappa shape index (κ1) is 11.2. The van der Waals surface area contributed by atoms with E-state index in [1.54, 1.807) is 0 Å². The van der Waals surface area contributed by atoms with Gasteiger partial charge in [-0.3, -0.25) is 4.90 Å². The van der Waals surface area contributed by atoms with Crippen molar-refractivity contribution in [3.63, 3.8) is 0 Å². The van der Waals surface area contributed by atoms with Gasteiger partial charge in [-0.15, -0.1) is 6.58 Å². The molecule has 0 aromatic heterocycles. The number of piperidine rings is 1. The molecule has 1 N–H and O–H groups in total. The Labute approximate surface area is 93.7 Å². The van der Waals surface area contributed by atoms with E-state index in [-0.39, 0.29) is 0 Å². The Hall–Kier alpha value is -0.340. The monoisotopic (exact) mass is 208 g/mol. The summed E-state index contributed by atoms with van der Waals surface area (Å²) in [6, 6.07) is 2.12. The lowest BCUT2D eigenvalue weighted by atomic mass is 10.0. The summed E-state index contributed by atoms with van der Waals surface area (Å²) in [6.45, 7) is 8.63. The van der Waals surface area contributed by atoms with E-state index in [4.69, 9.17) is 0 Å². The third-order valence-corrected chi connectivity index (χ3v) is 3.72. The van der Waals surface area contributed by atoms with Crippen molar-refractivity contribution in [2.75, 3.05) is 13.1 Å². The van der Waals surface area contributed by atoms with Crippen molar-refractivity contribution in [3.8, 4) is 0 Å². The van der Waals surface area contributed by atoms with Crippen LogP contribution in [0.4, 0.5) is 0 Å². The average molecular weight is 208 g/mol. The molecule has 0 spiro atoms. The molecule has 0 aromatic rings. The molecule has 1 heterocycles. The molecule has 2 unspecified atom stereocenters. The van der Waals surface area contributed by atoms with Crippen LogP contribution >= 0.6 is 0 Å². The minimum Gasteiger partial charge on any atom is -0.313 e. The maximum atomic E-state index is 3.92. The van der Waals surface area contributed by atoms with Gasteiger partial charge in [0.2, 0.25) is 0 Å². The molecule has 2 atom stereocenters. The molecule has 1 saturated heterocycles. The van der Waals surface area contributed by atoms with Crippen molar-refractivity contribution < 1.29 is 0 Å². The Bertz CT molecular complexity index is 205. The first-order valence-corrected chi connectivity index (χ1v) is 6.43. The third-order valence-electron chi connectivity index (χ3n) is 3.72. The fourth-order valence-electron chi connectivity index (χ4n) is 2.52. The molecule has 2 fully saturated rings. The van der Waals surface area contributed by atoms with E-state index in [2.05, 4.69) is 29.8 Å². The smallest absolute Gasteiger partial charge is 0.0250 e. The summed E-state index contributed by atoms with van der Waals surface area (Å²) in [6.07, 6.45) is 8.99. The Balaban J connectivity index is 1.84. The molecule has 1 saturated carbocycles. The zero-order chi connectivity index (χ0) is 10.7. The van der Waals surface area contributed by atoms with Gasteiger partial charge in [-0.2, -0.15) is 0 Å². The van der Waals surface area contributed by atoms with Crippen LogP contribution in [0.1, 0.15) is 39.0 Å². The Morgan fingerprint density at radius 1 is 1.40 bits per heavy atom. The van der Waals surface area contributed by atoms with E-state index in [1.807, 2.05) is 0 Å². The SMILES string of the molecule is C=CC(C)N(CC1CCCCN1)C1CC1. The van der Waals surface area contributed by atoms with Crippen molar-refractivity contribution in [3.05, 3.63) is 12.7 Å². The molecule has 2 rings (SSSR count). The van der Waals surface area contributed by atoms with Crippen LogP contribution in [-0.4, -0.2) is 36.1 Å². The molecular weight excluding hydrogens is 184 g/mol. The molecule has 1 aliphatic heterocycles. The molecule has 86 valence electrons. The van der Waals surface area contributed by atoms with Crippen LogP contribution in [0.2, 0.25) is 0 Å². The quantitative estimate of drug-likeness (QED) is 0.697. The second kappa shape index (κ2) is 5.13. The lowest BCUT2D eigenvalue weighted by Gasteiger charge is -2.33. The lowest BCUT2D eigenvalue weighted by molar-refractivity contribution is 0.191. The minimum atomic E-state index is 0.543. The van der Waals surface area contributed by atoms with E-state index < -0.39 is 0 Å². The van der Waals surface area contributed by atoms with Crippen molar-refractivity contribution in [1.82, 2.24) is 10.2 Å². The van der Waals surface area contributed by atoms with Gasteiger partial charge in [0.15, 0.2) is 0 Å². The van der Waals surface area contributed by atoms with E-state index in [0.29, 0.717) is 6.04 Å². The van der Waals surface area contributed by atoms with Crippen LogP contribution in [0, 0.1) is 0 Å². The van der Waals surface area contributed by atoms with E-state index >= 15 is 0 Å². The van der Waals surface area contributed by atoms with Gasteiger partial charge in [-0.25, -0.2) is 0 Å². The maximum absolute atomic E-state index is 3.92. The molecule has 0 amide bonds. The summed E-state index contributed by atoms with van der Waals surface area (Å²) in [5.74, 6) is 0. The third kappa shape index (κ3) is 3.05. The normalized spacial score (nSPS) is 29.1. The molecular formula is C13H24N2. The number of rotatable bonds is 5. The highest BCUT2D eigenvalue weighted by atomic mass is 15.2. The summed E-state index contributed by atoms with van der Waals surface area (Å²) in [5, 5.41) is 3.64. The summed E-state index contributed by atoms with van der Waals surface area (Å²) < 4.78 is 0. The summed E-state index contributed by atoms with van der Waals surface area (Å²) in [7, 11) is 0. The van der Waals surface area contributed by atoms with Gasteiger partial charge in [-0.05, 0) is 39.2 Å². The van der Waals surface area contributed by atoms with Gasteiger partial charge in [0.25, 0.3) is 0 Å². The van der Waals surface area contributed by atoms with Crippen molar-refractivity contribution in [2.45, 2.75) is 57.2 Å². The maximum Gasteiger partial charge on any atom is 0.0250 e. The van der Waals surface area contributed by atoms with Crippen LogP contribution < -0.4 is 5.32 Å². The largest absolute Gasteiger partial charge is 0.313 e. The molecule has 2 heteroatoms. The molecule has 0 aromatic carbocycles. The Kier molecular flexibility index (Phi) is 3.81. The predicted molar refractivity (Wildman–Crippen MR) is 65.0 cm³/mol. The first-order valence-electron chi connectivity index (χ1n) is 6.43. The number of hydrogen-bond acceptors (Lipinski definition) is 2. The predicted octanol–water partition coefficient (Wildman–Crippen LogP) is 2.17.